The fourth-order valence-corrected chi connectivity index (χ4v) is 2.63. The fourth-order valence-electron chi connectivity index (χ4n) is 2.63. The highest BCUT2D eigenvalue weighted by Crippen LogP contribution is 2.41. The van der Waals surface area contributed by atoms with Crippen molar-refractivity contribution in [2.45, 2.75) is 19.3 Å². The van der Waals surface area contributed by atoms with Gasteiger partial charge in [-0.15, -0.1) is 0 Å². The zero-order chi connectivity index (χ0) is 11.0. The highest BCUT2D eigenvalue weighted by Gasteiger charge is 2.34. The minimum absolute atomic E-state index is 0.810. The normalized spacial score (nSPS) is 23.8. The summed E-state index contributed by atoms with van der Waals surface area (Å²) >= 11 is 0. The van der Waals surface area contributed by atoms with Crippen molar-refractivity contribution in [1.29, 1.82) is 0 Å². The Bertz CT molecular complexity index is 486. The summed E-state index contributed by atoms with van der Waals surface area (Å²) in [5, 5.41) is 1.38. The average Bonchev–Trinajstić information content (AvgIpc) is 2.98. The van der Waals surface area contributed by atoms with Crippen LogP contribution in [0.3, 0.4) is 0 Å². The van der Waals surface area contributed by atoms with Crippen LogP contribution in [0, 0.1) is 11.8 Å². The first-order valence-corrected chi connectivity index (χ1v) is 6.13. The van der Waals surface area contributed by atoms with Crippen LogP contribution < -0.4 is 5.73 Å². The number of para-hydroxylation sites is 1. The molecule has 1 aliphatic carbocycles. The van der Waals surface area contributed by atoms with Gasteiger partial charge in [0.15, 0.2) is 0 Å². The lowest BCUT2D eigenvalue weighted by atomic mass is 10.1. The molecule has 0 radical (unpaired) electrons. The number of nitrogens with two attached hydrogens (primary N) is 1. The van der Waals surface area contributed by atoms with Gasteiger partial charge in [-0.1, -0.05) is 18.2 Å². The number of aryl methyl sites for hydroxylation is 1. The fraction of sp³-hybridized carbons (Fsp3) is 0.429. The van der Waals surface area contributed by atoms with Crippen LogP contribution in [0.15, 0.2) is 30.5 Å². The van der Waals surface area contributed by atoms with Gasteiger partial charge in [-0.3, -0.25) is 0 Å². The topological polar surface area (TPSA) is 41.8 Å². The van der Waals surface area contributed by atoms with Gasteiger partial charge in [0.2, 0.25) is 0 Å². The monoisotopic (exact) mass is 214 g/mol. The molecular formula is C14H18N2. The molecule has 0 saturated heterocycles. The third kappa shape index (κ3) is 1.74. The number of nitrogens with one attached hydrogen (secondary N) is 1. The number of H-pyrrole nitrogens is 1. The summed E-state index contributed by atoms with van der Waals surface area (Å²) in [4.78, 5) is 3.33. The number of hydrogen-bond acceptors (Lipinski definition) is 1. The molecule has 1 fully saturated rings. The Balaban J connectivity index is 1.70. The van der Waals surface area contributed by atoms with Crippen molar-refractivity contribution >= 4 is 10.9 Å². The molecule has 1 saturated carbocycles. The smallest absolute Gasteiger partial charge is 0.0456 e. The first-order chi connectivity index (χ1) is 7.88. The van der Waals surface area contributed by atoms with Crippen LogP contribution in [0.5, 0.6) is 0 Å². The van der Waals surface area contributed by atoms with Crippen LogP contribution in [0.2, 0.25) is 0 Å². The Kier molecular flexibility index (Phi) is 2.44. The van der Waals surface area contributed by atoms with Crippen molar-refractivity contribution in [3.05, 3.63) is 36.0 Å². The molecule has 0 bridgehead atoms. The maximum atomic E-state index is 5.66. The van der Waals surface area contributed by atoms with Crippen molar-refractivity contribution in [1.82, 2.24) is 4.98 Å². The van der Waals surface area contributed by atoms with Gasteiger partial charge in [-0.2, -0.15) is 0 Å². The molecule has 2 nitrogen and oxygen atoms in total. The van der Waals surface area contributed by atoms with Crippen molar-refractivity contribution in [2.75, 3.05) is 6.54 Å². The van der Waals surface area contributed by atoms with E-state index in [0.717, 1.165) is 18.4 Å². The predicted molar refractivity (Wildman–Crippen MR) is 67.3 cm³/mol. The molecule has 84 valence electrons. The first-order valence-electron chi connectivity index (χ1n) is 6.13. The van der Waals surface area contributed by atoms with Gasteiger partial charge in [0.1, 0.15) is 0 Å². The van der Waals surface area contributed by atoms with Crippen molar-refractivity contribution in [3.63, 3.8) is 0 Å². The Morgan fingerprint density at radius 3 is 2.94 bits per heavy atom. The second-order valence-corrected chi connectivity index (χ2v) is 4.89. The van der Waals surface area contributed by atoms with E-state index in [9.17, 15) is 0 Å². The Labute approximate surface area is 95.8 Å². The maximum absolute atomic E-state index is 5.66. The van der Waals surface area contributed by atoms with E-state index in [0.29, 0.717) is 0 Å². The summed E-state index contributed by atoms with van der Waals surface area (Å²) in [6, 6.07) is 8.53. The molecular weight excluding hydrogens is 196 g/mol. The zero-order valence-electron chi connectivity index (χ0n) is 9.45. The predicted octanol–water partition coefficient (Wildman–Crippen LogP) is 2.70. The maximum Gasteiger partial charge on any atom is 0.0456 e. The highest BCUT2D eigenvalue weighted by atomic mass is 14.7. The largest absolute Gasteiger partial charge is 0.361 e. The minimum atomic E-state index is 0.810. The number of hydrogen-bond donors (Lipinski definition) is 2. The second-order valence-electron chi connectivity index (χ2n) is 4.89. The molecule has 1 aromatic heterocycles. The standard InChI is InChI=1S/C14H18N2/c15-8-12-7-10(12)5-6-11-9-16-14-4-2-1-3-13(11)14/h1-4,9-10,12,16H,5-8,15H2. The van der Waals surface area contributed by atoms with Crippen LogP contribution in [0.4, 0.5) is 0 Å². The van der Waals surface area contributed by atoms with Gasteiger partial charge in [0.25, 0.3) is 0 Å². The van der Waals surface area contributed by atoms with E-state index in [1.165, 1.54) is 35.7 Å². The Morgan fingerprint density at radius 2 is 2.12 bits per heavy atom. The Hall–Kier alpha value is -1.28. The van der Waals surface area contributed by atoms with Gasteiger partial charge in [-0.25, -0.2) is 0 Å². The zero-order valence-corrected chi connectivity index (χ0v) is 9.45. The van der Waals surface area contributed by atoms with Crippen LogP contribution in [-0.4, -0.2) is 11.5 Å². The van der Waals surface area contributed by atoms with Gasteiger partial charge in [0.05, 0.1) is 0 Å². The number of rotatable bonds is 4. The number of benzene rings is 1. The van der Waals surface area contributed by atoms with Crippen molar-refractivity contribution < 1.29 is 0 Å². The molecule has 3 N–H and O–H groups in total. The molecule has 0 aliphatic heterocycles. The van der Waals surface area contributed by atoms with E-state index in [4.69, 9.17) is 5.73 Å². The van der Waals surface area contributed by atoms with E-state index in [1.807, 2.05) is 0 Å². The highest BCUT2D eigenvalue weighted by molar-refractivity contribution is 5.82. The molecule has 2 unspecified atom stereocenters. The van der Waals surface area contributed by atoms with Crippen LogP contribution in [0.1, 0.15) is 18.4 Å². The molecule has 2 atom stereocenters. The van der Waals surface area contributed by atoms with Crippen LogP contribution in [0.25, 0.3) is 10.9 Å². The van der Waals surface area contributed by atoms with E-state index in [2.05, 4.69) is 35.4 Å². The molecule has 1 heterocycles. The van der Waals surface area contributed by atoms with Crippen LogP contribution >= 0.6 is 0 Å². The summed E-state index contributed by atoms with van der Waals surface area (Å²) in [6.07, 6.45) is 5.98. The van der Waals surface area contributed by atoms with E-state index >= 15 is 0 Å². The third-order valence-electron chi connectivity index (χ3n) is 3.83. The number of aromatic nitrogens is 1. The molecule has 1 aliphatic rings. The molecule has 0 spiro atoms. The molecule has 1 aromatic carbocycles. The molecule has 0 amide bonds. The lowest BCUT2D eigenvalue weighted by Crippen LogP contribution is -2.02. The van der Waals surface area contributed by atoms with Crippen LogP contribution in [-0.2, 0) is 6.42 Å². The minimum Gasteiger partial charge on any atom is -0.361 e. The SMILES string of the molecule is NCC1CC1CCc1c[nH]c2ccccc12. The average molecular weight is 214 g/mol. The molecule has 2 heteroatoms. The second kappa shape index (κ2) is 3.95. The summed E-state index contributed by atoms with van der Waals surface area (Å²) in [7, 11) is 0. The summed E-state index contributed by atoms with van der Waals surface area (Å²) < 4.78 is 0. The lowest BCUT2D eigenvalue weighted by Gasteiger charge is -1.99. The quantitative estimate of drug-likeness (QED) is 0.807. The summed E-state index contributed by atoms with van der Waals surface area (Å²) in [5.41, 5.74) is 8.37. The third-order valence-corrected chi connectivity index (χ3v) is 3.83. The molecule has 3 rings (SSSR count). The van der Waals surface area contributed by atoms with Gasteiger partial charge in [-0.05, 0) is 49.3 Å². The first kappa shape index (κ1) is 9.91. The van der Waals surface area contributed by atoms with Gasteiger partial charge >= 0.3 is 0 Å². The summed E-state index contributed by atoms with van der Waals surface area (Å²) in [6.45, 7) is 0.874. The number of fused-ring (bicyclic) bond motifs is 1. The molecule has 16 heavy (non-hydrogen) atoms. The van der Waals surface area contributed by atoms with Crippen molar-refractivity contribution in [3.8, 4) is 0 Å². The molecule has 2 aromatic rings. The number of aromatic amines is 1. The van der Waals surface area contributed by atoms with E-state index < -0.39 is 0 Å². The van der Waals surface area contributed by atoms with Crippen molar-refractivity contribution in [2.24, 2.45) is 17.6 Å². The lowest BCUT2D eigenvalue weighted by molar-refractivity contribution is 0.651. The van der Waals surface area contributed by atoms with Gasteiger partial charge in [0, 0.05) is 17.1 Å². The summed E-state index contributed by atoms with van der Waals surface area (Å²) in [5.74, 6) is 1.70. The van der Waals surface area contributed by atoms with E-state index in [-0.39, 0.29) is 0 Å². The van der Waals surface area contributed by atoms with E-state index in [1.54, 1.807) is 0 Å². The Morgan fingerprint density at radius 1 is 1.25 bits per heavy atom. The van der Waals surface area contributed by atoms with Gasteiger partial charge < -0.3 is 10.7 Å².